The number of hydrogen-bond donors (Lipinski definition) is 0. The van der Waals surface area contributed by atoms with E-state index in [-0.39, 0.29) is 12.7 Å². The first-order valence-corrected chi connectivity index (χ1v) is 14.7. The highest BCUT2D eigenvalue weighted by Crippen LogP contribution is 2.35. The Morgan fingerprint density at radius 1 is 0.893 bits per heavy atom. The van der Waals surface area contributed by atoms with E-state index in [0.29, 0.717) is 18.5 Å². The van der Waals surface area contributed by atoms with E-state index in [2.05, 4.69) is 4.74 Å². The van der Waals surface area contributed by atoms with Crippen molar-refractivity contribution in [1.82, 2.24) is 0 Å². The Morgan fingerprint density at radius 2 is 1.36 bits per heavy atom. The molecular formula is C15H24F6O5Si2. The van der Waals surface area contributed by atoms with Crippen LogP contribution in [0.4, 0.5) is 26.3 Å². The summed E-state index contributed by atoms with van der Waals surface area (Å²) in [4.78, 5) is 22.5. The number of carbonyl (C=O) groups is 2. The molecular weight excluding hydrogens is 430 g/mol. The highest BCUT2D eigenvalue weighted by molar-refractivity contribution is 6.84. The fourth-order valence-corrected chi connectivity index (χ4v) is 10.2. The number of ether oxygens (including phenoxy) is 2. The average Bonchev–Trinajstić information content (AvgIpc) is 2.42. The van der Waals surface area contributed by atoms with Crippen LogP contribution in [-0.4, -0.2) is 53.6 Å². The molecule has 0 aromatic heterocycles. The molecule has 0 N–H and O–H groups in total. The molecule has 0 aromatic carbocycles. The molecule has 28 heavy (non-hydrogen) atoms. The van der Waals surface area contributed by atoms with Gasteiger partial charge in [0.05, 0.1) is 6.61 Å². The Labute approximate surface area is 161 Å². The Hall–Kier alpha value is -1.35. The SMILES string of the molecule is C[Si](C)(C)O[Si](C)(C)CCCOC(=O)C=CC(=O)OC(C(F)(F)F)C(F)(F)F. The van der Waals surface area contributed by atoms with Crippen LogP contribution < -0.4 is 0 Å². The first-order chi connectivity index (χ1) is 12.3. The number of hydrogen-bond acceptors (Lipinski definition) is 5. The molecule has 0 unspecified atom stereocenters. The highest BCUT2D eigenvalue weighted by atomic mass is 28.4. The second-order valence-corrected chi connectivity index (χ2v) is 16.5. The lowest BCUT2D eigenvalue weighted by molar-refractivity contribution is -0.312. The second kappa shape index (κ2) is 9.92. The molecule has 164 valence electrons. The number of carbonyl (C=O) groups excluding carboxylic acids is 2. The molecule has 0 spiro atoms. The van der Waals surface area contributed by atoms with Gasteiger partial charge in [0, 0.05) is 12.2 Å². The Balaban J connectivity index is 4.46. The van der Waals surface area contributed by atoms with Crippen molar-refractivity contribution < 1.29 is 49.5 Å². The molecule has 0 bridgehead atoms. The molecule has 0 aromatic rings. The largest absolute Gasteiger partial charge is 0.463 e. The van der Waals surface area contributed by atoms with E-state index in [1.807, 2.05) is 32.7 Å². The van der Waals surface area contributed by atoms with Crippen LogP contribution in [0.5, 0.6) is 0 Å². The number of halogens is 6. The van der Waals surface area contributed by atoms with Gasteiger partial charge in [0.1, 0.15) is 0 Å². The smallest absolute Gasteiger partial charge is 0.434 e. The molecule has 0 amide bonds. The van der Waals surface area contributed by atoms with Crippen LogP contribution in [0.1, 0.15) is 6.42 Å². The predicted molar refractivity (Wildman–Crippen MR) is 93.4 cm³/mol. The van der Waals surface area contributed by atoms with Gasteiger partial charge in [0.2, 0.25) is 0 Å². The first kappa shape index (κ1) is 26.7. The van der Waals surface area contributed by atoms with E-state index in [1.54, 1.807) is 0 Å². The number of rotatable bonds is 9. The van der Waals surface area contributed by atoms with Crippen molar-refractivity contribution in [1.29, 1.82) is 0 Å². The second-order valence-electron chi connectivity index (χ2n) is 7.48. The van der Waals surface area contributed by atoms with Gasteiger partial charge in [-0.15, -0.1) is 0 Å². The van der Waals surface area contributed by atoms with Gasteiger partial charge in [-0.3, -0.25) is 0 Å². The van der Waals surface area contributed by atoms with Crippen molar-refractivity contribution in [2.45, 2.75) is 63.7 Å². The standard InChI is InChI=1S/C15H24F6O5Si2/c1-27(2,3)26-28(4,5)10-6-9-24-11(22)7-8-12(23)25-13(14(16,17)18)15(19,20)21/h7-8,13H,6,9-10H2,1-5H3. The zero-order chi connectivity index (χ0) is 22.4. The summed E-state index contributed by atoms with van der Waals surface area (Å²) in [5.41, 5.74) is 0. The summed E-state index contributed by atoms with van der Waals surface area (Å²) in [5, 5.41) is 0. The Kier molecular flexibility index (Phi) is 9.44. The van der Waals surface area contributed by atoms with Gasteiger partial charge < -0.3 is 13.6 Å². The average molecular weight is 455 g/mol. The maximum absolute atomic E-state index is 12.3. The van der Waals surface area contributed by atoms with E-state index in [1.165, 1.54) is 0 Å². The molecule has 0 atom stereocenters. The molecule has 0 aliphatic carbocycles. The van der Waals surface area contributed by atoms with Crippen molar-refractivity contribution in [2.24, 2.45) is 0 Å². The lowest BCUT2D eigenvalue weighted by atomic mass is 10.3. The predicted octanol–water partition coefficient (Wildman–Crippen LogP) is 4.57. The minimum absolute atomic E-state index is 0.0303. The van der Waals surface area contributed by atoms with Gasteiger partial charge in [0.15, 0.2) is 16.6 Å². The third-order valence-corrected chi connectivity index (χ3v) is 9.15. The summed E-state index contributed by atoms with van der Waals surface area (Å²) in [6.07, 6.45) is -14.9. The van der Waals surface area contributed by atoms with Crippen LogP contribution >= 0.6 is 0 Å². The number of alkyl halides is 6. The van der Waals surface area contributed by atoms with Gasteiger partial charge >= 0.3 is 24.3 Å². The van der Waals surface area contributed by atoms with Crippen molar-refractivity contribution in [3.8, 4) is 0 Å². The van der Waals surface area contributed by atoms with Crippen molar-refractivity contribution >= 4 is 28.6 Å². The van der Waals surface area contributed by atoms with Gasteiger partial charge in [-0.2, -0.15) is 26.3 Å². The van der Waals surface area contributed by atoms with Crippen molar-refractivity contribution in [3.05, 3.63) is 12.2 Å². The Bertz CT molecular complexity index is 553. The van der Waals surface area contributed by atoms with Crippen LogP contribution in [0.15, 0.2) is 12.2 Å². The zero-order valence-electron chi connectivity index (χ0n) is 16.2. The van der Waals surface area contributed by atoms with E-state index >= 15 is 0 Å². The highest BCUT2D eigenvalue weighted by Gasteiger charge is 2.59. The van der Waals surface area contributed by atoms with Gasteiger partial charge in [-0.1, -0.05) is 0 Å². The van der Waals surface area contributed by atoms with E-state index in [9.17, 15) is 35.9 Å². The first-order valence-electron chi connectivity index (χ1n) is 8.22. The fourth-order valence-electron chi connectivity index (χ4n) is 2.21. The quantitative estimate of drug-likeness (QED) is 0.168. The van der Waals surface area contributed by atoms with Gasteiger partial charge in [-0.05, 0) is 45.2 Å². The molecule has 0 saturated carbocycles. The minimum atomic E-state index is -5.82. The Morgan fingerprint density at radius 3 is 1.79 bits per heavy atom. The molecule has 13 heteroatoms. The third-order valence-electron chi connectivity index (χ3n) is 2.93. The van der Waals surface area contributed by atoms with Crippen LogP contribution in [0.25, 0.3) is 0 Å². The number of esters is 2. The normalized spacial score (nSPS) is 13.9. The van der Waals surface area contributed by atoms with Crippen LogP contribution in [0.3, 0.4) is 0 Å². The lowest BCUT2D eigenvalue weighted by Gasteiger charge is -2.31. The van der Waals surface area contributed by atoms with Gasteiger partial charge in [0.25, 0.3) is 6.10 Å². The molecule has 0 rings (SSSR count). The molecule has 0 aliphatic rings. The minimum Gasteiger partial charge on any atom is -0.463 e. The third kappa shape index (κ3) is 12.2. The topological polar surface area (TPSA) is 61.8 Å². The summed E-state index contributed by atoms with van der Waals surface area (Å²) in [6.45, 7) is 10.1. The summed E-state index contributed by atoms with van der Waals surface area (Å²) in [7, 11) is -3.65. The summed E-state index contributed by atoms with van der Waals surface area (Å²) in [5.74, 6) is -3.05. The fraction of sp³-hybridized carbons (Fsp3) is 0.733. The molecule has 0 saturated heterocycles. The molecule has 0 radical (unpaired) electrons. The lowest BCUT2D eigenvalue weighted by Crippen LogP contribution is -2.45. The maximum Gasteiger partial charge on any atom is 0.434 e. The maximum atomic E-state index is 12.3. The summed E-state index contributed by atoms with van der Waals surface area (Å²) in [6, 6.07) is 0.690. The van der Waals surface area contributed by atoms with Crippen molar-refractivity contribution in [3.63, 3.8) is 0 Å². The summed E-state index contributed by atoms with van der Waals surface area (Å²) < 4.78 is 87.8. The van der Waals surface area contributed by atoms with Crippen molar-refractivity contribution in [2.75, 3.05) is 6.61 Å². The van der Waals surface area contributed by atoms with Crippen LogP contribution in [-0.2, 0) is 23.2 Å². The van der Waals surface area contributed by atoms with Crippen LogP contribution in [0, 0.1) is 0 Å². The van der Waals surface area contributed by atoms with E-state index < -0.39 is 47.0 Å². The molecule has 0 aliphatic heterocycles. The molecule has 5 nitrogen and oxygen atoms in total. The van der Waals surface area contributed by atoms with Crippen LogP contribution in [0.2, 0.25) is 38.8 Å². The van der Waals surface area contributed by atoms with Gasteiger partial charge in [-0.25, -0.2) is 9.59 Å². The zero-order valence-corrected chi connectivity index (χ0v) is 18.2. The van der Waals surface area contributed by atoms with E-state index in [4.69, 9.17) is 8.85 Å². The molecule has 0 fully saturated rings. The molecule has 0 heterocycles. The summed E-state index contributed by atoms with van der Waals surface area (Å²) >= 11 is 0. The van der Waals surface area contributed by atoms with E-state index in [0.717, 1.165) is 0 Å². The monoisotopic (exact) mass is 454 g/mol.